The van der Waals surface area contributed by atoms with Crippen molar-refractivity contribution in [1.82, 2.24) is 4.98 Å². The maximum absolute atomic E-state index is 12.2. The average Bonchev–Trinajstić information content (AvgIpc) is 2.95. The van der Waals surface area contributed by atoms with Gasteiger partial charge in [0.2, 0.25) is 10.0 Å². The second-order valence-electron chi connectivity index (χ2n) is 5.05. The number of alkyl halides is 2. The molecule has 0 aliphatic carbocycles. The van der Waals surface area contributed by atoms with Crippen LogP contribution in [0.2, 0.25) is 0 Å². The summed E-state index contributed by atoms with van der Waals surface area (Å²) in [6.45, 7) is -2.94. The summed E-state index contributed by atoms with van der Waals surface area (Å²) >= 11 is 1.08. The van der Waals surface area contributed by atoms with Gasteiger partial charge < -0.3 is 4.74 Å². The number of hydrogen-bond acceptors (Lipinski definition) is 6. The van der Waals surface area contributed by atoms with Gasteiger partial charge in [0, 0.05) is 5.56 Å². The summed E-state index contributed by atoms with van der Waals surface area (Å²) in [5.41, 5.74) is 0.717. The van der Waals surface area contributed by atoms with Gasteiger partial charge in [0.15, 0.2) is 5.13 Å². The number of carbonyl (C=O) groups is 1. The molecule has 7 nitrogen and oxygen atoms in total. The number of sulfonamides is 1. The van der Waals surface area contributed by atoms with Crippen molar-refractivity contribution in [2.75, 3.05) is 5.32 Å². The second kappa shape index (κ2) is 6.94. The molecule has 3 aromatic rings. The lowest BCUT2D eigenvalue weighted by Gasteiger charge is -2.05. The third-order valence-electron chi connectivity index (χ3n) is 3.25. The van der Waals surface area contributed by atoms with Crippen LogP contribution in [0.4, 0.5) is 13.9 Å². The Hall–Kier alpha value is -2.63. The number of carbonyl (C=O) groups excluding carboxylic acids is 1. The van der Waals surface area contributed by atoms with E-state index in [1.165, 1.54) is 42.5 Å². The number of benzene rings is 2. The number of amides is 1. The van der Waals surface area contributed by atoms with Crippen molar-refractivity contribution in [2.45, 2.75) is 11.5 Å². The number of nitrogens with zero attached hydrogens (tertiary/aromatic N) is 1. The summed E-state index contributed by atoms with van der Waals surface area (Å²) in [5, 5.41) is 7.90. The summed E-state index contributed by atoms with van der Waals surface area (Å²) in [6.07, 6.45) is 0. The lowest BCUT2D eigenvalue weighted by Crippen LogP contribution is -2.11. The number of rotatable bonds is 5. The van der Waals surface area contributed by atoms with E-state index in [0.29, 0.717) is 10.2 Å². The third-order valence-corrected chi connectivity index (χ3v) is 5.10. The van der Waals surface area contributed by atoms with Crippen LogP contribution in [0.1, 0.15) is 10.4 Å². The molecule has 0 saturated carbocycles. The average molecular weight is 399 g/mol. The molecule has 2 aromatic carbocycles. The van der Waals surface area contributed by atoms with Gasteiger partial charge in [-0.05, 0) is 42.5 Å². The number of aromatic nitrogens is 1. The van der Waals surface area contributed by atoms with Crippen molar-refractivity contribution in [3.8, 4) is 5.75 Å². The van der Waals surface area contributed by atoms with Crippen LogP contribution >= 0.6 is 11.3 Å². The van der Waals surface area contributed by atoms with Crippen LogP contribution in [0, 0.1) is 0 Å². The van der Waals surface area contributed by atoms with Crippen LogP contribution in [0.15, 0.2) is 47.4 Å². The van der Waals surface area contributed by atoms with Crippen LogP contribution < -0.4 is 15.2 Å². The molecule has 3 rings (SSSR count). The first kappa shape index (κ1) is 18.2. The molecule has 26 heavy (non-hydrogen) atoms. The molecule has 1 amide bonds. The number of ether oxygens (including phenoxy) is 1. The molecule has 0 radical (unpaired) electrons. The summed E-state index contributed by atoms with van der Waals surface area (Å²) in [6, 6.07) is 9.34. The quantitative estimate of drug-likeness (QED) is 0.685. The molecule has 1 heterocycles. The minimum Gasteiger partial charge on any atom is -0.435 e. The van der Waals surface area contributed by atoms with E-state index in [4.69, 9.17) is 5.14 Å². The highest BCUT2D eigenvalue weighted by atomic mass is 32.2. The molecule has 0 unspecified atom stereocenters. The van der Waals surface area contributed by atoms with Crippen molar-refractivity contribution >= 4 is 42.6 Å². The highest BCUT2D eigenvalue weighted by Gasteiger charge is 2.14. The van der Waals surface area contributed by atoms with Crippen LogP contribution in [-0.2, 0) is 10.0 Å². The van der Waals surface area contributed by atoms with Gasteiger partial charge in [0.1, 0.15) is 5.75 Å². The molecule has 1 aromatic heterocycles. The molecule has 0 aliphatic rings. The van der Waals surface area contributed by atoms with Crippen LogP contribution in [0.25, 0.3) is 10.2 Å². The SMILES string of the molecule is NS(=O)(=O)c1ccc2nc(NC(=O)c3ccc(OC(F)F)cc3)sc2c1. The number of hydrogen-bond donors (Lipinski definition) is 2. The summed E-state index contributed by atoms with van der Waals surface area (Å²) < 4.78 is 51.7. The largest absolute Gasteiger partial charge is 0.435 e. The highest BCUT2D eigenvalue weighted by molar-refractivity contribution is 7.89. The third kappa shape index (κ3) is 4.12. The van der Waals surface area contributed by atoms with Crippen molar-refractivity contribution in [3.63, 3.8) is 0 Å². The fourth-order valence-corrected chi connectivity index (χ4v) is 3.61. The van der Waals surface area contributed by atoms with E-state index in [-0.39, 0.29) is 21.3 Å². The Labute approximate surface area is 150 Å². The van der Waals surface area contributed by atoms with E-state index in [0.717, 1.165) is 11.3 Å². The van der Waals surface area contributed by atoms with E-state index < -0.39 is 22.5 Å². The van der Waals surface area contributed by atoms with Gasteiger partial charge in [-0.15, -0.1) is 0 Å². The predicted octanol–water partition coefficient (Wildman–Crippen LogP) is 2.80. The van der Waals surface area contributed by atoms with Gasteiger partial charge in [0.05, 0.1) is 15.1 Å². The van der Waals surface area contributed by atoms with Gasteiger partial charge >= 0.3 is 6.61 Å². The number of fused-ring (bicyclic) bond motifs is 1. The fourth-order valence-electron chi connectivity index (χ4n) is 2.09. The number of halogens is 2. The first-order valence-electron chi connectivity index (χ1n) is 7.02. The monoisotopic (exact) mass is 399 g/mol. The molecular formula is C15H11F2N3O4S2. The van der Waals surface area contributed by atoms with Crippen LogP contribution in [-0.4, -0.2) is 25.9 Å². The van der Waals surface area contributed by atoms with Crippen LogP contribution in [0.3, 0.4) is 0 Å². The van der Waals surface area contributed by atoms with Gasteiger partial charge in [-0.3, -0.25) is 10.1 Å². The molecule has 136 valence electrons. The molecule has 0 atom stereocenters. The second-order valence-corrected chi connectivity index (χ2v) is 7.64. The van der Waals surface area contributed by atoms with E-state index >= 15 is 0 Å². The Morgan fingerprint density at radius 2 is 1.88 bits per heavy atom. The number of nitrogens with one attached hydrogen (secondary N) is 1. The molecule has 0 fully saturated rings. The number of primary sulfonamides is 1. The van der Waals surface area contributed by atoms with E-state index in [1.54, 1.807) is 0 Å². The Morgan fingerprint density at radius 1 is 1.19 bits per heavy atom. The molecule has 0 aliphatic heterocycles. The van der Waals surface area contributed by atoms with E-state index in [9.17, 15) is 22.0 Å². The standard InChI is InChI=1S/C15H11F2N3O4S2/c16-14(17)24-9-3-1-8(2-4-9)13(21)20-15-19-11-6-5-10(26(18,22)23)7-12(11)25-15/h1-7,14H,(H2,18,22,23)(H,19,20,21). The molecule has 3 N–H and O–H groups in total. The van der Waals surface area contributed by atoms with E-state index in [1.807, 2.05) is 0 Å². The smallest absolute Gasteiger partial charge is 0.387 e. The van der Waals surface area contributed by atoms with Crippen LogP contribution in [0.5, 0.6) is 5.75 Å². The first-order valence-corrected chi connectivity index (χ1v) is 9.38. The maximum atomic E-state index is 12.2. The Kier molecular flexibility index (Phi) is 4.85. The zero-order valence-electron chi connectivity index (χ0n) is 12.8. The lowest BCUT2D eigenvalue weighted by atomic mass is 10.2. The van der Waals surface area contributed by atoms with Gasteiger partial charge in [0.25, 0.3) is 5.91 Å². The zero-order valence-corrected chi connectivity index (χ0v) is 14.5. The highest BCUT2D eigenvalue weighted by Crippen LogP contribution is 2.28. The van der Waals surface area contributed by atoms with Crippen molar-refractivity contribution < 1.29 is 26.7 Å². The molecular weight excluding hydrogens is 388 g/mol. The first-order chi connectivity index (χ1) is 12.2. The fraction of sp³-hybridized carbons (Fsp3) is 0.0667. The molecule has 11 heteroatoms. The molecule has 0 spiro atoms. The summed E-state index contributed by atoms with van der Waals surface area (Å²) in [5.74, 6) is -0.564. The minimum absolute atomic E-state index is 0.0545. The zero-order chi connectivity index (χ0) is 18.9. The Morgan fingerprint density at radius 3 is 2.50 bits per heavy atom. The van der Waals surface area contributed by atoms with Crippen molar-refractivity contribution in [2.24, 2.45) is 5.14 Å². The van der Waals surface area contributed by atoms with Crippen molar-refractivity contribution in [3.05, 3.63) is 48.0 Å². The maximum Gasteiger partial charge on any atom is 0.387 e. The minimum atomic E-state index is -3.84. The lowest BCUT2D eigenvalue weighted by molar-refractivity contribution is -0.0498. The molecule has 0 saturated heterocycles. The van der Waals surface area contributed by atoms with E-state index in [2.05, 4.69) is 15.0 Å². The number of anilines is 1. The topological polar surface area (TPSA) is 111 Å². The normalized spacial score (nSPS) is 11.7. The number of thiazole rings is 1. The Bertz CT molecular complexity index is 1070. The summed E-state index contributed by atoms with van der Waals surface area (Å²) in [7, 11) is -3.84. The number of nitrogens with two attached hydrogens (primary N) is 1. The summed E-state index contributed by atoms with van der Waals surface area (Å²) in [4.78, 5) is 16.3. The Balaban J connectivity index is 1.78. The predicted molar refractivity (Wildman–Crippen MR) is 92.0 cm³/mol. The molecule has 0 bridgehead atoms. The van der Waals surface area contributed by atoms with Gasteiger partial charge in [-0.1, -0.05) is 11.3 Å². The van der Waals surface area contributed by atoms with Gasteiger partial charge in [-0.25, -0.2) is 18.5 Å². The van der Waals surface area contributed by atoms with Gasteiger partial charge in [-0.2, -0.15) is 8.78 Å². The van der Waals surface area contributed by atoms with Crippen molar-refractivity contribution in [1.29, 1.82) is 0 Å².